The second kappa shape index (κ2) is 8.66. The smallest absolute Gasteiger partial charge is 0.403 e. The first-order valence-corrected chi connectivity index (χ1v) is 12.0. The predicted octanol–water partition coefficient (Wildman–Crippen LogP) is 7.03. The number of pyridine rings is 1. The van der Waals surface area contributed by atoms with Crippen LogP contribution in [0.15, 0.2) is 79.5 Å². The normalized spacial score (nSPS) is 14.8. The van der Waals surface area contributed by atoms with Gasteiger partial charge in [0, 0.05) is 36.7 Å². The molecule has 0 unspecified atom stereocenters. The average Bonchev–Trinajstić information content (AvgIpc) is 3.21. The fraction of sp³-hybridized carbons (Fsp3) is 0.233. The summed E-state index contributed by atoms with van der Waals surface area (Å²) in [7, 11) is 0. The van der Waals surface area contributed by atoms with Gasteiger partial charge in [-0.2, -0.15) is 0 Å². The average molecular weight is 465 g/mol. The van der Waals surface area contributed by atoms with Crippen molar-refractivity contribution in [1.29, 1.82) is 0 Å². The molecule has 5 heteroatoms. The van der Waals surface area contributed by atoms with Crippen LogP contribution < -0.4 is 5.32 Å². The molecule has 1 saturated carbocycles. The Morgan fingerprint density at radius 1 is 1.09 bits per heavy atom. The van der Waals surface area contributed by atoms with Crippen LogP contribution in [-0.4, -0.2) is 21.1 Å². The van der Waals surface area contributed by atoms with Gasteiger partial charge in [0.25, 0.3) is 0 Å². The van der Waals surface area contributed by atoms with Gasteiger partial charge in [0.05, 0.1) is 16.9 Å². The molecule has 2 aromatic heterocycles. The zero-order valence-electron chi connectivity index (χ0n) is 20.3. The van der Waals surface area contributed by atoms with E-state index in [4.69, 9.17) is 9.72 Å². The van der Waals surface area contributed by atoms with Crippen molar-refractivity contribution in [3.05, 3.63) is 97.6 Å². The molecule has 1 fully saturated rings. The number of nitrogens with one attached hydrogen (secondary N) is 1. The van der Waals surface area contributed by atoms with E-state index in [-0.39, 0.29) is 0 Å². The Morgan fingerprint density at radius 2 is 1.80 bits per heavy atom. The quantitative estimate of drug-likeness (QED) is 0.312. The molecule has 1 aliphatic carbocycles. The number of hydrogen-bond acceptors (Lipinski definition) is 3. The molecule has 5 rings (SSSR count). The second-order valence-electron chi connectivity index (χ2n) is 9.82. The molecule has 1 aliphatic rings. The lowest BCUT2D eigenvalue weighted by Crippen LogP contribution is -2.52. The van der Waals surface area contributed by atoms with Crippen molar-refractivity contribution >= 4 is 17.8 Å². The minimum Gasteiger partial charge on any atom is -0.403 e. The van der Waals surface area contributed by atoms with E-state index in [0.29, 0.717) is 0 Å². The number of carbonyl (C=O) groups is 1. The predicted molar refractivity (Wildman–Crippen MR) is 141 cm³/mol. The number of aromatic nitrogens is 2. The van der Waals surface area contributed by atoms with Crippen molar-refractivity contribution in [3.63, 3.8) is 0 Å². The van der Waals surface area contributed by atoms with E-state index in [1.54, 1.807) is 13.8 Å². The number of hydrogen-bond donors (Lipinski definition) is 1. The summed E-state index contributed by atoms with van der Waals surface area (Å²) in [5, 5.41) is 3.10. The minimum atomic E-state index is -0.778. The highest BCUT2D eigenvalue weighted by atomic mass is 16.6. The molecule has 1 amide bonds. The molecule has 0 radical (unpaired) electrons. The zero-order chi connectivity index (χ0) is 24.6. The minimum absolute atomic E-state index is 0.405. The Kier molecular flexibility index (Phi) is 5.64. The molecular weight excluding hydrogens is 434 g/mol. The highest BCUT2D eigenvalue weighted by Crippen LogP contribution is 2.42. The molecule has 0 bridgehead atoms. The van der Waals surface area contributed by atoms with Crippen molar-refractivity contribution < 1.29 is 9.53 Å². The number of ether oxygens (including phenoxy) is 1. The Balaban J connectivity index is 1.54. The summed E-state index contributed by atoms with van der Waals surface area (Å²) in [6, 6.07) is 22.7. The number of benzene rings is 2. The first kappa shape index (κ1) is 22.8. The van der Waals surface area contributed by atoms with Crippen molar-refractivity contribution in [2.75, 3.05) is 0 Å². The third kappa shape index (κ3) is 4.30. The van der Waals surface area contributed by atoms with E-state index in [1.807, 2.05) is 42.6 Å². The number of rotatable bonds is 6. The Bertz CT molecular complexity index is 1380. The number of amides is 1. The Morgan fingerprint density at radius 3 is 2.40 bits per heavy atom. The summed E-state index contributed by atoms with van der Waals surface area (Å²) >= 11 is 0. The van der Waals surface area contributed by atoms with E-state index >= 15 is 0 Å². The number of carbonyl (C=O) groups excluding carboxylic acids is 1. The van der Waals surface area contributed by atoms with Crippen LogP contribution in [0.2, 0.25) is 0 Å². The Hall–Kier alpha value is -3.99. The standard InChI is InChI=1S/C30H29N3O2/c1-5-21-13-9-20-33-26(23-11-7-6-8-12-23)25(31-27(21)33)22-14-16-24(17-15-22)30(18-10-19-30)32-28(34)35-29(2,3)4/h5-9,11-17,20H,1-2,10,18-19H2,3-4H3/p+1. The number of fused-ring (bicyclic) bond motifs is 1. The molecule has 0 spiro atoms. The maximum atomic E-state index is 12.5. The maximum absolute atomic E-state index is 12.5. The summed E-state index contributed by atoms with van der Waals surface area (Å²) in [4.78, 5) is 17.5. The number of alkyl carbamates (subject to hydrolysis) is 1. The van der Waals surface area contributed by atoms with Gasteiger partial charge in [-0.3, -0.25) is 4.40 Å². The molecule has 2 heterocycles. The third-order valence-corrected chi connectivity index (χ3v) is 6.58. The Labute approximate surface area is 206 Å². The van der Waals surface area contributed by atoms with Crippen LogP contribution in [0.1, 0.15) is 44.2 Å². The van der Waals surface area contributed by atoms with Gasteiger partial charge in [0.15, 0.2) is 0 Å². The lowest BCUT2D eigenvalue weighted by molar-refractivity contribution is 0.0525. The largest absolute Gasteiger partial charge is 0.411 e. The first-order valence-electron chi connectivity index (χ1n) is 12.0. The van der Waals surface area contributed by atoms with Gasteiger partial charge >= 0.3 is 6.09 Å². The van der Waals surface area contributed by atoms with E-state index in [0.717, 1.165) is 58.6 Å². The molecule has 4 aromatic rings. The second-order valence-corrected chi connectivity index (χ2v) is 9.82. The molecule has 0 atom stereocenters. The van der Waals surface area contributed by atoms with Crippen molar-refractivity contribution in [1.82, 2.24) is 14.7 Å². The van der Waals surface area contributed by atoms with Gasteiger partial charge in [-0.15, -0.1) is 0 Å². The molecule has 176 valence electrons. The van der Waals surface area contributed by atoms with Gasteiger partial charge < -0.3 is 10.1 Å². The van der Waals surface area contributed by atoms with E-state index in [9.17, 15) is 4.79 Å². The number of nitrogens with zero attached hydrogens (tertiary/aromatic N) is 2. The van der Waals surface area contributed by atoms with E-state index < -0.39 is 17.2 Å². The van der Waals surface area contributed by atoms with Gasteiger partial charge in [-0.05, 0) is 37.0 Å². The van der Waals surface area contributed by atoms with Gasteiger partial charge in [0.2, 0.25) is 5.60 Å². The third-order valence-electron chi connectivity index (χ3n) is 6.58. The van der Waals surface area contributed by atoms with Crippen LogP contribution in [0.25, 0.3) is 34.2 Å². The van der Waals surface area contributed by atoms with Gasteiger partial charge in [0.1, 0.15) is 12.6 Å². The van der Waals surface area contributed by atoms with Crippen LogP contribution in [0.3, 0.4) is 0 Å². The molecule has 0 saturated heterocycles. The fourth-order valence-electron chi connectivity index (χ4n) is 4.76. The summed E-state index contributed by atoms with van der Waals surface area (Å²) in [5.74, 6) is 0. The summed E-state index contributed by atoms with van der Waals surface area (Å²) in [6.45, 7) is 11.4. The van der Waals surface area contributed by atoms with Crippen molar-refractivity contribution in [2.24, 2.45) is 0 Å². The summed E-state index contributed by atoms with van der Waals surface area (Å²) in [5.41, 5.74) is 5.80. The van der Waals surface area contributed by atoms with Crippen LogP contribution in [-0.2, 0) is 10.3 Å². The fourth-order valence-corrected chi connectivity index (χ4v) is 4.76. The highest BCUT2D eigenvalue weighted by Gasteiger charge is 2.41. The van der Waals surface area contributed by atoms with Crippen LogP contribution in [0, 0.1) is 6.92 Å². The number of imidazole rings is 1. The first-order chi connectivity index (χ1) is 16.8. The monoisotopic (exact) mass is 464 g/mol. The molecular formula is C30H30N3O2+. The molecule has 35 heavy (non-hydrogen) atoms. The topological polar surface area (TPSA) is 55.6 Å². The van der Waals surface area contributed by atoms with E-state index in [1.165, 1.54) is 0 Å². The highest BCUT2D eigenvalue weighted by molar-refractivity contribution is 5.84. The molecule has 2 aromatic carbocycles. The van der Waals surface area contributed by atoms with Gasteiger partial charge in [-0.25, -0.2) is 9.78 Å². The maximum Gasteiger partial charge on any atom is 0.411 e. The van der Waals surface area contributed by atoms with Gasteiger partial charge in [-0.1, -0.05) is 67.3 Å². The molecule has 1 N–H and O–H groups in total. The van der Waals surface area contributed by atoms with Crippen LogP contribution in [0.5, 0.6) is 0 Å². The summed E-state index contributed by atoms with van der Waals surface area (Å²) < 4.78 is 7.55. The molecule has 0 aliphatic heterocycles. The van der Waals surface area contributed by atoms with Crippen LogP contribution in [0.4, 0.5) is 4.79 Å². The molecule has 5 nitrogen and oxygen atoms in total. The van der Waals surface area contributed by atoms with Crippen LogP contribution >= 0.6 is 0 Å². The van der Waals surface area contributed by atoms with Crippen molar-refractivity contribution in [3.8, 4) is 22.5 Å². The summed E-state index contributed by atoms with van der Waals surface area (Å²) in [6.07, 6.45) is 6.26. The lowest BCUT2D eigenvalue weighted by atomic mass is 9.71. The van der Waals surface area contributed by atoms with Crippen molar-refractivity contribution in [2.45, 2.75) is 44.2 Å². The lowest BCUT2D eigenvalue weighted by Gasteiger charge is -2.42. The SMILES string of the molecule is C=Cc1cccn2c(-c3ccccc3)c(-c3ccc(C4(NC(=O)OC([CH2+])(C)C)CCC4)cc3)nc12. The zero-order valence-corrected chi connectivity index (χ0v) is 20.3. The van der Waals surface area contributed by atoms with E-state index in [2.05, 4.69) is 59.6 Å².